The minimum Gasteiger partial charge on any atom is -0.434 e. The fourth-order valence-electron chi connectivity index (χ4n) is 2.72. The van der Waals surface area contributed by atoms with Crippen LogP contribution < -0.4 is 10.1 Å². The van der Waals surface area contributed by atoms with Gasteiger partial charge in [0, 0.05) is 32.7 Å². The Morgan fingerprint density at radius 3 is 2.85 bits per heavy atom. The molecule has 1 heterocycles. The topological polar surface area (TPSA) is 46.1 Å². The van der Waals surface area contributed by atoms with Crippen LogP contribution in [-0.4, -0.2) is 50.8 Å². The molecule has 9 heteroatoms. The van der Waals surface area contributed by atoms with Gasteiger partial charge in [-0.05, 0) is 25.5 Å². The molecule has 0 saturated carbocycles. The molecule has 1 fully saturated rings. The molecule has 26 heavy (non-hydrogen) atoms. The summed E-state index contributed by atoms with van der Waals surface area (Å²) in [5.74, 6) is 0.187. The zero-order chi connectivity index (χ0) is 18.2. The zero-order valence-corrected chi connectivity index (χ0v) is 17.2. The zero-order valence-electron chi connectivity index (χ0n) is 14.9. The van der Waals surface area contributed by atoms with Crippen molar-refractivity contribution in [1.29, 1.82) is 0 Å². The van der Waals surface area contributed by atoms with Crippen LogP contribution in [0.1, 0.15) is 18.9 Å². The van der Waals surface area contributed by atoms with Crippen LogP contribution in [0.4, 0.5) is 13.2 Å². The number of rotatable bonds is 7. The summed E-state index contributed by atoms with van der Waals surface area (Å²) in [4.78, 5) is 6.32. The molecule has 0 amide bonds. The summed E-state index contributed by atoms with van der Waals surface area (Å²) >= 11 is 0. The maximum absolute atomic E-state index is 14.0. The number of benzene rings is 1. The molecule has 1 N–H and O–H groups in total. The van der Waals surface area contributed by atoms with E-state index in [0.717, 1.165) is 19.6 Å². The van der Waals surface area contributed by atoms with E-state index in [0.29, 0.717) is 25.0 Å². The largest absolute Gasteiger partial charge is 0.434 e. The normalized spacial score (nSPS) is 17.2. The Hall–Kier alpha value is -1.23. The third-order valence-corrected chi connectivity index (χ3v) is 3.93. The SMILES string of the molecule is CCNC(=NCc1c(F)cccc1OC(F)F)N(C)CC1CCOC1.I. The summed E-state index contributed by atoms with van der Waals surface area (Å²) in [6.07, 6.45) is 0.990. The first-order valence-electron chi connectivity index (χ1n) is 8.30. The van der Waals surface area contributed by atoms with Gasteiger partial charge in [0.1, 0.15) is 11.6 Å². The molecule has 0 bridgehead atoms. The standard InChI is InChI=1S/C17H24F3N3O2.HI/c1-3-21-17(23(2)10-12-7-8-24-11-12)22-9-13-14(18)5-4-6-15(13)25-16(19)20;/h4-6,12,16H,3,7-11H2,1-2H3,(H,21,22);1H. The summed E-state index contributed by atoms with van der Waals surface area (Å²) in [6.45, 7) is 1.69. The predicted octanol–water partition coefficient (Wildman–Crippen LogP) is 3.48. The average Bonchev–Trinajstić information content (AvgIpc) is 3.05. The minimum absolute atomic E-state index is 0. The van der Waals surface area contributed by atoms with E-state index in [9.17, 15) is 13.2 Å². The highest BCUT2D eigenvalue weighted by Gasteiger charge is 2.19. The molecule has 1 aromatic carbocycles. The summed E-state index contributed by atoms with van der Waals surface area (Å²) in [5, 5.41) is 3.13. The first-order chi connectivity index (χ1) is 12.0. The van der Waals surface area contributed by atoms with Crippen molar-refractivity contribution in [3.63, 3.8) is 0 Å². The quantitative estimate of drug-likeness (QED) is 0.364. The third-order valence-electron chi connectivity index (χ3n) is 3.93. The highest BCUT2D eigenvalue weighted by molar-refractivity contribution is 14.0. The second kappa shape index (κ2) is 11.5. The van der Waals surface area contributed by atoms with Gasteiger partial charge >= 0.3 is 6.61 Å². The number of nitrogens with zero attached hydrogens (tertiary/aromatic N) is 2. The third kappa shape index (κ3) is 6.82. The van der Waals surface area contributed by atoms with Gasteiger partial charge in [-0.1, -0.05) is 6.07 Å². The van der Waals surface area contributed by atoms with E-state index >= 15 is 0 Å². The lowest BCUT2D eigenvalue weighted by Crippen LogP contribution is -2.41. The molecule has 0 aliphatic carbocycles. The number of hydrogen-bond acceptors (Lipinski definition) is 3. The Bertz CT molecular complexity index is 584. The van der Waals surface area contributed by atoms with Gasteiger partial charge in [-0.2, -0.15) is 8.78 Å². The number of halogens is 4. The summed E-state index contributed by atoms with van der Waals surface area (Å²) in [6, 6.07) is 3.85. The average molecular weight is 487 g/mol. The molecule has 1 aliphatic rings. The molecule has 1 unspecified atom stereocenters. The van der Waals surface area contributed by atoms with Gasteiger partial charge in [0.05, 0.1) is 18.7 Å². The maximum atomic E-state index is 14.0. The van der Waals surface area contributed by atoms with E-state index in [1.54, 1.807) is 0 Å². The molecule has 1 aliphatic heterocycles. The Kier molecular flexibility index (Phi) is 10.1. The Labute approximate surface area is 169 Å². The molecule has 0 spiro atoms. The van der Waals surface area contributed by atoms with E-state index in [1.807, 2.05) is 18.9 Å². The van der Waals surface area contributed by atoms with Gasteiger partial charge in [0.15, 0.2) is 5.96 Å². The summed E-state index contributed by atoms with van der Waals surface area (Å²) in [5.41, 5.74) is 0.0100. The van der Waals surface area contributed by atoms with Crippen LogP contribution in [0.3, 0.4) is 0 Å². The van der Waals surface area contributed by atoms with Gasteiger partial charge in [0.25, 0.3) is 0 Å². The van der Waals surface area contributed by atoms with Crippen LogP contribution in [0.5, 0.6) is 5.75 Å². The molecule has 5 nitrogen and oxygen atoms in total. The van der Waals surface area contributed by atoms with Gasteiger partial charge < -0.3 is 19.7 Å². The van der Waals surface area contributed by atoms with Crippen molar-refractivity contribution in [3.05, 3.63) is 29.6 Å². The van der Waals surface area contributed by atoms with Crippen LogP contribution in [0.25, 0.3) is 0 Å². The van der Waals surface area contributed by atoms with E-state index in [1.165, 1.54) is 18.2 Å². The van der Waals surface area contributed by atoms with Crippen LogP contribution in [0.2, 0.25) is 0 Å². The number of alkyl halides is 2. The van der Waals surface area contributed by atoms with Crippen molar-refractivity contribution in [2.24, 2.45) is 10.9 Å². The van der Waals surface area contributed by atoms with E-state index in [4.69, 9.17) is 4.74 Å². The predicted molar refractivity (Wildman–Crippen MR) is 105 cm³/mol. The van der Waals surface area contributed by atoms with Crippen molar-refractivity contribution < 1.29 is 22.6 Å². The fourth-order valence-corrected chi connectivity index (χ4v) is 2.72. The summed E-state index contributed by atoms with van der Waals surface area (Å²) < 4.78 is 48.8. The van der Waals surface area contributed by atoms with Crippen molar-refractivity contribution >= 4 is 29.9 Å². The van der Waals surface area contributed by atoms with Crippen LogP contribution >= 0.6 is 24.0 Å². The molecule has 2 rings (SSSR count). The first-order valence-corrected chi connectivity index (χ1v) is 8.30. The molecule has 0 aromatic heterocycles. The van der Waals surface area contributed by atoms with Crippen molar-refractivity contribution in [1.82, 2.24) is 10.2 Å². The highest BCUT2D eigenvalue weighted by atomic mass is 127. The van der Waals surface area contributed by atoms with E-state index in [-0.39, 0.29) is 41.8 Å². The monoisotopic (exact) mass is 487 g/mol. The smallest absolute Gasteiger partial charge is 0.387 e. The van der Waals surface area contributed by atoms with E-state index < -0.39 is 12.4 Å². The molecular formula is C17H25F3IN3O2. The summed E-state index contributed by atoms with van der Waals surface area (Å²) in [7, 11) is 1.89. The van der Waals surface area contributed by atoms with Crippen LogP contribution in [-0.2, 0) is 11.3 Å². The Balaban J connectivity index is 0.00000338. The number of guanidine groups is 1. The Morgan fingerprint density at radius 1 is 1.46 bits per heavy atom. The van der Waals surface area contributed by atoms with Crippen molar-refractivity contribution in [2.45, 2.75) is 26.5 Å². The van der Waals surface area contributed by atoms with Crippen LogP contribution in [0.15, 0.2) is 23.2 Å². The number of ether oxygens (including phenoxy) is 2. The van der Waals surface area contributed by atoms with Gasteiger partial charge in [-0.3, -0.25) is 0 Å². The molecule has 0 radical (unpaired) electrons. The lowest BCUT2D eigenvalue weighted by atomic mass is 10.1. The van der Waals surface area contributed by atoms with Gasteiger partial charge in [-0.15, -0.1) is 24.0 Å². The number of hydrogen-bond donors (Lipinski definition) is 1. The maximum Gasteiger partial charge on any atom is 0.387 e. The fraction of sp³-hybridized carbons (Fsp3) is 0.588. The minimum atomic E-state index is -3.01. The second-order valence-electron chi connectivity index (χ2n) is 5.88. The van der Waals surface area contributed by atoms with E-state index in [2.05, 4.69) is 15.0 Å². The molecule has 1 aromatic rings. The molecule has 1 atom stereocenters. The lowest BCUT2D eigenvalue weighted by molar-refractivity contribution is -0.0506. The second-order valence-corrected chi connectivity index (χ2v) is 5.88. The number of aliphatic imine (C=N–C) groups is 1. The number of nitrogens with one attached hydrogen (secondary N) is 1. The van der Waals surface area contributed by atoms with Crippen molar-refractivity contribution in [3.8, 4) is 5.75 Å². The molecule has 148 valence electrons. The molecular weight excluding hydrogens is 462 g/mol. The molecule has 1 saturated heterocycles. The van der Waals surface area contributed by atoms with Gasteiger partial charge in [-0.25, -0.2) is 9.38 Å². The highest BCUT2D eigenvalue weighted by Crippen LogP contribution is 2.24. The lowest BCUT2D eigenvalue weighted by Gasteiger charge is -2.24. The van der Waals surface area contributed by atoms with Crippen LogP contribution in [0, 0.1) is 11.7 Å². The Morgan fingerprint density at radius 2 is 2.23 bits per heavy atom. The van der Waals surface area contributed by atoms with Crippen molar-refractivity contribution in [2.75, 3.05) is 33.4 Å². The van der Waals surface area contributed by atoms with Gasteiger partial charge in [0.2, 0.25) is 0 Å². The first kappa shape index (κ1) is 22.8.